The summed E-state index contributed by atoms with van der Waals surface area (Å²) < 4.78 is 2.76. The molecule has 1 unspecified atom stereocenters. The number of aryl methyl sites for hydroxylation is 1. The van der Waals surface area contributed by atoms with Gasteiger partial charge in [-0.05, 0) is 24.5 Å². The average Bonchev–Trinajstić information content (AvgIpc) is 3.22. The summed E-state index contributed by atoms with van der Waals surface area (Å²) in [6.07, 6.45) is 0.713. The van der Waals surface area contributed by atoms with Gasteiger partial charge in [0.05, 0.1) is 6.04 Å². The second-order valence-electron chi connectivity index (χ2n) is 6.19. The highest BCUT2D eigenvalue weighted by Gasteiger charge is 2.18. The molecular weight excluding hydrogens is 362 g/mol. The van der Waals surface area contributed by atoms with E-state index in [2.05, 4.69) is 58.6 Å². The van der Waals surface area contributed by atoms with Crippen LogP contribution in [0.25, 0.3) is 4.96 Å². The summed E-state index contributed by atoms with van der Waals surface area (Å²) in [7, 11) is 0. The first-order valence-electron chi connectivity index (χ1n) is 8.39. The van der Waals surface area contributed by atoms with Crippen LogP contribution in [0.3, 0.4) is 0 Å². The Kier molecular flexibility index (Phi) is 5.01. The molecule has 0 fully saturated rings. The van der Waals surface area contributed by atoms with Crippen LogP contribution in [0.2, 0.25) is 0 Å². The van der Waals surface area contributed by atoms with Gasteiger partial charge in [-0.3, -0.25) is 0 Å². The Bertz CT molecular complexity index is 992. The first-order chi connectivity index (χ1) is 12.7. The van der Waals surface area contributed by atoms with Gasteiger partial charge in [0.25, 0.3) is 0 Å². The zero-order valence-corrected chi connectivity index (χ0v) is 16.0. The molecule has 0 aliphatic rings. The highest BCUT2D eigenvalue weighted by molar-refractivity contribution is 8.00. The van der Waals surface area contributed by atoms with Crippen LogP contribution in [-0.4, -0.2) is 19.8 Å². The summed E-state index contributed by atoms with van der Waals surface area (Å²) >= 11 is 3.26. The third-order valence-electron chi connectivity index (χ3n) is 4.11. The van der Waals surface area contributed by atoms with Crippen molar-refractivity contribution in [2.24, 2.45) is 5.73 Å². The zero-order valence-electron chi connectivity index (χ0n) is 14.4. The van der Waals surface area contributed by atoms with Gasteiger partial charge < -0.3 is 5.73 Å². The first-order valence-corrected chi connectivity index (χ1v) is 10.2. The number of benzene rings is 2. The molecule has 1 atom stereocenters. The van der Waals surface area contributed by atoms with Gasteiger partial charge in [-0.15, -0.1) is 15.3 Å². The number of rotatable bonds is 6. The number of nitrogens with zero attached hydrogens (tertiary/aromatic N) is 4. The predicted octanol–water partition coefficient (Wildman–Crippen LogP) is 4.03. The number of fused-ring (bicyclic) bond motifs is 1. The molecule has 0 aliphatic carbocycles. The van der Waals surface area contributed by atoms with Crippen LogP contribution < -0.4 is 5.73 Å². The van der Waals surface area contributed by atoms with Gasteiger partial charge in [-0.1, -0.05) is 83.3 Å². The topological polar surface area (TPSA) is 69.1 Å². The van der Waals surface area contributed by atoms with E-state index in [4.69, 9.17) is 5.73 Å². The van der Waals surface area contributed by atoms with Crippen molar-refractivity contribution in [2.75, 3.05) is 0 Å². The van der Waals surface area contributed by atoms with E-state index in [1.807, 2.05) is 18.2 Å². The van der Waals surface area contributed by atoms with E-state index in [0.717, 1.165) is 15.1 Å². The summed E-state index contributed by atoms with van der Waals surface area (Å²) in [5.41, 5.74) is 10.1. The highest BCUT2D eigenvalue weighted by Crippen LogP contribution is 2.28. The Balaban J connectivity index is 1.48. The highest BCUT2D eigenvalue weighted by atomic mass is 32.2. The lowest BCUT2D eigenvalue weighted by atomic mass is 10.1. The van der Waals surface area contributed by atoms with Gasteiger partial charge in [-0.25, -0.2) is 0 Å². The molecule has 2 aromatic heterocycles. The Morgan fingerprint density at radius 2 is 1.81 bits per heavy atom. The zero-order chi connectivity index (χ0) is 17.9. The summed E-state index contributed by atoms with van der Waals surface area (Å²) in [6.45, 7) is 2.10. The molecular formula is C19H19N5S2. The van der Waals surface area contributed by atoms with E-state index in [-0.39, 0.29) is 6.04 Å². The molecule has 4 rings (SSSR count). The Morgan fingerprint density at radius 3 is 2.58 bits per heavy atom. The van der Waals surface area contributed by atoms with Crippen molar-refractivity contribution in [3.05, 3.63) is 77.1 Å². The van der Waals surface area contributed by atoms with Crippen molar-refractivity contribution in [3.8, 4) is 0 Å². The number of thioether (sulfide) groups is 1. The van der Waals surface area contributed by atoms with Gasteiger partial charge in [0.15, 0.2) is 10.2 Å². The first kappa shape index (κ1) is 17.2. The fraction of sp³-hybridized carbons (Fsp3) is 0.211. The molecule has 4 aromatic rings. The van der Waals surface area contributed by atoms with Gasteiger partial charge in [0.1, 0.15) is 0 Å². The molecule has 2 heterocycles. The second-order valence-corrected chi connectivity index (χ2v) is 8.37. The quantitative estimate of drug-likeness (QED) is 0.511. The van der Waals surface area contributed by atoms with Crippen LogP contribution in [0.5, 0.6) is 0 Å². The normalized spacial score (nSPS) is 12.5. The largest absolute Gasteiger partial charge is 0.321 e. The van der Waals surface area contributed by atoms with E-state index in [1.165, 1.54) is 16.7 Å². The molecule has 0 aliphatic heterocycles. The Morgan fingerprint density at radius 1 is 1.04 bits per heavy atom. The molecule has 0 spiro atoms. The van der Waals surface area contributed by atoms with E-state index in [1.54, 1.807) is 27.6 Å². The summed E-state index contributed by atoms with van der Waals surface area (Å²) in [4.78, 5) is 0.787. The Hall–Kier alpha value is -2.22. The van der Waals surface area contributed by atoms with Crippen molar-refractivity contribution in [1.29, 1.82) is 0 Å². The second kappa shape index (κ2) is 7.57. The summed E-state index contributed by atoms with van der Waals surface area (Å²) in [5, 5.41) is 13.2. The molecule has 132 valence electrons. The van der Waals surface area contributed by atoms with Crippen molar-refractivity contribution in [1.82, 2.24) is 19.8 Å². The van der Waals surface area contributed by atoms with Crippen molar-refractivity contribution < 1.29 is 0 Å². The Labute approximate surface area is 160 Å². The number of hydrogen-bond donors (Lipinski definition) is 1. The van der Waals surface area contributed by atoms with Gasteiger partial charge in [-0.2, -0.15) is 4.52 Å². The van der Waals surface area contributed by atoms with Crippen LogP contribution in [0.4, 0.5) is 0 Å². The van der Waals surface area contributed by atoms with Crippen LogP contribution in [-0.2, 0) is 12.2 Å². The molecule has 0 bridgehead atoms. The van der Waals surface area contributed by atoms with E-state index < -0.39 is 0 Å². The maximum absolute atomic E-state index is 6.36. The fourth-order valence-corrected chi connectivity index (χ4v) is 4.53. The summed E-state index contributed by atoms with van der Waals surface area (Å²) in [5.74, 6) is 1.60. The van der Waals surface area contributed by atoms with Crippen molar-refractivity contribution in [2.45, 2.75) is 29.5 Å². The molecule has 7 heteroatoms. The molecule has 0 amide bonds. The van der Waals surface area contributed by atoms with E-state index >= 15 is 0 Å². The minimum Gasteiger partial charge on any atom is -0.321 e. The SMILES string of the molecule is Cc1ccc(CSc2nn3c(C(N)Cc4ccccc4)nnc3s2)cc1. The lowest BCUT2D eigenvalue weighted by Crippen LogP contribution is -2.17. The van der Waals surface area contributed by atoms with Crippen molar-refractivity contribution >= 4 is 28.1 Å². The van der Waals surface area contributed by atoms with Crippen LogP contribution in [0, 0.1) is 6.92 Å². The molecule has 26 heavy (non-hydrogen) atoms. The van der Waals surface area contributed by atoms with Crippen LogP contribution >= 0.6 is 23.1 Å². The molecule has 2 N–H and O–H groups in total. The van der Waals surface area contributed by atoms with Crippen LogP contribution in [0.15, 0.2) is 58.9 Å². The summed E-state index contributed by atoms with van der Waals surface area (Å²) in [6, 6.07) is 18.5. The smallest absolute Gasteiger partial charge is 0.235 e. The van der Waals surface area contributed by atoms with Crippen LogP contribution in [0.1, 0.15) is 28.6 Å². The molecule has 5 nitrogen and oxygen atoms in total. The van der Waals surface area contributed by atoms with Crippen molar-refractivity contribution in [3.63, 3.8) is 0 Å². The van der Waals surface area contributed by atoms with Gasteiger partial charge in [0, 0.05) is 5.75 Å². The van der Waals surface area contributed by atoms with E-state index in [9.17, 15) is 0 Å². The molecule has 0 saturated heterocycles. The third kappa shape index (κ3) is 3.80. The molecule has 0 radical (unpaired) electrons. The van der Waals surface area contributed by atoms with Gasteiger partial charge in [0.2, 0.25) is 4.96 Å². The maximum Gasteiger partial charge on any atom is 0.235 e. The molecule has 0 saturated carbocycles. The molecule has 2 aromatic carbocycles. The minimum absolute atomic E-state index is 0.232. The van der Waals surface area contributed by atoms with Gasteiger partial charge >= 0.3 is 0 Å². The average molecular weight is 382 g/mol. The number of nitrogens with two attached hydrogens (primary N) is 1. The lowest BCUT2D eigenvalue weighted by molar-refractivity contribution is 0.635. The minimum atomic E-state index is -0.232. The standard InChI is InChI=1S/C19H19N5S2/c1-13-7-9-15(10-8-13)12-25-19-23-24-17(21-22-18(24)26-19)16(20)11-14-5-3-2-4-6-14/h2-10,16H,11-12,20H2,1H3. The lowest BCUT2D eigenvalue weighted by Gasteiger charge is -2.08. The van der Waals surface area contributed by atoms with E-state index in [0.29, 0.717) is 12.2 Å². The monoisotopic (exact) mass is 381 g/mol. The predicted molar refractivity (Wildman–Crippen MR) is 106 cm³/mol. The fourth-order valence-electron chi connectivity index (χ4n) is 2.69. The number of hydrogen-bond acceptors (Lipinski definition) is 6. The number of aromatic nitrogens is 4. The maximum atomic E-state index is 6.36. The third-order valence-corrected chi connectivity index (χ3v) is 6.21.